The number of aliphatic hydroxyl groups excluding tert-OH is 1. The Kier molecular flexibility index (Phi) is 5.39. The Labute approximate surface area is 112 Å². The lowest BCUT2D eigenvalue weighted by Gasteiger charge is -2.17. The van der Waals surface area contributed by atoms with Crippen molar-refractivity contribution in [1.82, 2.24) is 5.32 Å². The third-order valence-electron chi connectivity index (χ3n) is 2.18. The van der Waals surface area contributed by atoms with Gasteiger partial charge in [-0.1, -0.05) is 32.6 Å². The van der Waals surface area contributed by atoms with Crippen LogP contribution in [0.1, 0.15) is 37.6 Å². The van der Waals surface area contributed by atoms with Gasteiger partial charge in [0.15, 0.2) is 0 Å². The number of carbonyl (C=O) groups excluding carboxylic acids is 1. The SMILES string of the molecule is CC(C)(C)CC(=O)NCc1sccc1C#CCO. The smallest absolute Gasteiger partial charge is 0.220 e. The van der Waals surface area contributed by atoms with Crippen molar-refractivity contribution in [3.8, 4) is 11.8 Å². The molecule has 0 fully saturated rings. The zero-order chi connectivity index (χ0) is 13.6. The number of hydrogen-bond donors (Lipinski definition) is 2. The van der Waals surface area contributed by atoms with Gasteiger partial charge in [-0.05, 0) is 16.9 Å². The number of nitrogens with one attached hydrogen (secondary N) is 1. The van der Waals surface area contributed by atoms with Crippen molar-refractivity contribution in [2.24, 2.45) is 5.41 Å². The normalized spacial score (nSPS) is 10.7. The van der Waals surface area contributed by atoms with E-state index in [2.05, 4.69) is 17.2 Å². The fraction of sp³-hybridized carbons (Fsp3) is 0.500. The molecule has 0 unspecified atom stereocenters. The molecule has 0 spiro atoms. The average molecular weight is 265 g/mol. The molecule has 18 heavy (non-hydrogen) atoms. The van der Waals surface area contributed by atoms with Crippen LogP contribution in [0, 0.1) is 17.3 Å². The van der Waals surface area contributed by atoms with E-state index < -0.39 is 0 Å². The molecule has 0 bridgehead atoms. The van der Waals surface area contributed by atoms with Crippen molar-refractivity contribution in [2.45, 2.75) is 33.7 Å². The van der Waals surface area contributed by atoms with Gasteiger partial charge in [-0.2, -0.15) is 0 Å². The molecule has 0 radical (unpaired) electrons. The minimum absolute atomic E-state index is 0.000936. The largest absolute Gasteiger partial charge is 0.384 e. The molecule has 2 N–H and O–H groups in total. The first kappa shape index (κ1) is 14.7. The molecule has 3 nitrogen and oxygen atoms in total. The zero-order valence-corrected chi connectivity index (χ0v) is 11.9. The predicted octanol–water partition coefficient (Wildman–Crippen LogP) is 2.14. The van der Waals surface area contributed by atoms with Gasteiger partial charge in [0.05, 0.1) is 6.54 Å². The average Bonchev–Trinajstić information content (AvgIpc) is 2.68. The highest BCUT2D eigenvalue weighted by Crippen LogP contribution is 2.19. The van der Waals surface area contributed by atoms with Gasteiger partial charge in [-0.25, -0.2) is 0 Å². The van der Waals surface area contributed by atoms with Gasteiger partial charge in [0.25, 0.3) is 0 Å². The summed E-state index contributed by atoms with van der Waals surface area (Å²) in [4.78, 5) is 12.7. The number of hydrogen-bond acceptors (Lipinski definition) is 3. The molecular formula is C14H19NO2S. The van der Waals surface area contributed by atoms with Gasteiger partial charge in [0.2, 0.25) is 5.91 Å². The van der Waals surface area contributed by atoms with Crippen LogP contribution in [-0.2, 0) is 11.3 Å². The fourth-order valence-corrected chi connectivity index (χ4v) is 2.22. The van der Waals surface area contributed by atoms with E-state index in [0.29, 0.717) is 13.0 Å². The quantitative estimate of drug-likeness (QED) is 0.823. The van der Waals surface area contributed by atoms with E-state index >= 15 is 0 Å². The van der Waals surface area contributed by atoms with Crippen molar-refractivity contribution in [3.05, 3.63) is 21.9 Å². The topological polar surface area (TPSA) is 49.3 Å². The second-order valence-corrected chi connectivity index (χ2v) is 6.23. The fourth-order valence-electron chi connectivity index (χ4n) is 1.45. The lowest BCUT2D eigenvalue weighted by atomic mass is 9.92. The van der Waals surface area contributed by atoms with Gasteiger partial charge in [-0.15, -0.1) is 11.3 Å². The molecule has 0 aliphatic rings. The highest BCUT2D eigenvalue weighted by Gasteiger charge is 2.15. The molecule has 4 heteroatoms. The lowest BCUT2D eigenvalue weighted by molar-refractivity contribution is -0.122. The summed E-state index contributed by atoms with van der Waals surface area (Å²) in [5, 5.41) is 13.5. The molecular weight excluding hydrogens is 246 g/mol. The van der Waals surface area contributed by atoms with E-state index in [-0.39, 0.29) is 17.9 Å². The van der Waals surface area contributed by atoms with Gasteiger partial charge < -0.3 is 10.4 Å². The lowest BCUT2D eigenvalue weighted by Crippen LogP contribution is -2.27. The highest BCUT2D eigenvalue weighted by molar-refractivity contribution is 7.10. The molecule has 0 saturated heterocycles. The van der Waals surface area contributed by atoms with Gasteiger partial charge >= 0.3 is 0 Å². The molecule has 1 rings (SSSR count). The van der Waals surface area contributed by atoms with Crippen molar-refractivity contribution in [3.63, 3.8) is 0 Å². The maximum absolute atomic E-state index is 11.7. The number of thiophene rings is 1. The first-order chi connectivity index (χ1) is 8.42. The van der Waals surface area contributed by atoms with Gasteiger partial charge in [0.1, 0.15) is 6.61 Å². The Bertz CT molecular complexity index is 460. The minimum atomic E-state index is -0.147. The second kappa shape index (κ2) is 6.58. The van der Waals surface area contributed by atoms with E-state index in [1.165, 1.54) is 0 Å². The Morgan fingerprint density at radius 3 is 2.83 bits per heavy atom. The van der Waals surface area contributed by atoms with Crippen molar-refractivity contribution in [2.75, 3.05) is 6.61 Å². The van der Waals surface area contributed by atoms with Crippen LogP contribution in [0.2, 0.25) is 0 Å². The predicted molar refractivity (Wildman–Crippen MR) is 74.2 cm³/mol. The van der Waals surface area contributed by atoms with E-state index in [0.717, 1.165) is 10.4 Å². The summed E-state index contributed by atoms with van der Waals surface area (Å²) in [5.41, 5.74) is 0.879. The second-order valence-electron chi connectivity index (χ2n) is 5.23. The Balaban J connectivity index is 2.54. The van der Waals surface area contributed by atoms with E-state index in [1.54, 1.807) is 11.3 Å². The first-order valence-corrected chi connectivity index (χ1v) is 6.73. The summed E-state index contributed by atoms with van der Waals surface area (Å²) in [6.07, 6.45) is 0.510. The molecule has 0 aliphatic heterocycles. The number of carbonyl (C=O) groups is 1. The summed E-state index contributed by atoms with van der Waals surface area (Å²) in [5.74, 6) is 5.54. The summed E-state index contributed by atoms with van der Waals surface area (Å²) in [7, 11) is 0. The molecule has 0 saturated carbocycles. The number of amides is 1. The molecule has 0 atom stereocenters. The van der Waals surface area contributed by atoms with E-state index in [4.69, 9.17) is 5.11 Å². The number of aliphatic hydroxyl groups is 1. The zero-order valence-electron chi connectivity index (χ0n) is 11.0. The van der Waals surface area contributed by atoms with Crippen molar-refractivity contribution >= 4 is 17.2 Å². The van der Waals surface area contributed by atoms with Crippen LogP contribution in [0.3, 0.4) is 0 Å². The van der Waals surface area contributed by atoms with Crippen LogP contribution in [0.4, 0.5) is 0 Å². The maximum Gasteiger partial charge on any atom is 0.220 e. The van der Waals surface area contributed by atoms with E-state index in [9.17, 15) is 4.79 Å². The summed E-state index contributed by atoms with van der Waals surface area (Å²) >= 11 is 1.56. The third-order valence-corrected chi connectivity index (χ3v) is 3.11. The van der Waals surface area contributed by atoms with Crippen LogP contribution in [-0.4, -0.2) is 17.6 Å². The molecule has 1 aromatic heterocycles. The highest BCUT2D eigenvalue weighted by atomic mass is 32.1. The maximum atomic E-state index is 11.7. The Morgan fingerprint density at radius 1 is 1.50 bits per heavy atom. The van der Waals surface area contributed by atoms with Gasteiger partial charge in [-0.3, -0.25) is 4.79 Å². The first-order valence-electron chi connectivity index (χ1n) is 5.85. The van der Waals surface area contributed by atoms with Crippen molar-refractivity contribution < 1.29 is 9.90 Å². The van der Waals surface area contributed by atoms with Crippen LogP contribution in [0.15, 0.2) is 11.4 Å². The standard InChI is InChI=1S/C14H19NO2S/c1-14(2,3)9-13(17)15-10-12-11(5-4-7-16)6-8-18-12/h6,8,16H,7,9-10H2,1-3H3,(H,15,17). The number of rotatable bonds is 3. The summed E-state index contributed by atoms with van der Waals surface area (Å²) < 4.78 is 0. The van der Waals surface area contributed by atoms with Crippen LogP contribution in [0.5, 0.6) is 0 Å². The summed E-state index contributed by atoms with van der Waals surface area (Å²) in [6, 6.07) is 1.90. The van der Waals surface area contributed by atoms with E-state index in [1.807, 2.05) is 32.2 Å². The van der Waals surface area contributed by atoms with Crippen molar-refractivity contribution in [1.29, 1.82) is 0 Å². The molecule has 98 valence electrons. The Hall–Kier alpha value is -1.31. The van der Waals surface area contributed by atoms with Crippen LogP contribution >= 0.6 is 11.3 Å². The molecule has 1 amide bonds. The van der Waals surface area contributed by atoms with Crippen LogP contribution < -0.4 is 5.32 Å². The van der Waals surface area contributed by atoms with Crippen LogP contribution in [0.25, 0.3) is 0 Å². The monoisotopic (exact) mass is 265 g/mol. The molecule has 0 aromatic carbocycles. The third kappa shape index (κ3) is 5.35. The summed E-state index contributed by atoms with van der Waals surface area (Å²) in [6.45, 7) is 6.47. The van der Waals surface area contributed by atoms with Gasteiger partial charge in [0, 0.05) is 16.9 Å². The molecule has 1 aromatic rings. The Morgan fingerprint density at radius 2 is 2.22 bits per heavy atom. The minimum Gasteiger partial charge on any atom is -0.384 e. The molecule has 0 aliphatic carbocycles. The molecule has 1 heterocycles.